The average molecular weight is 388 g/mol. The van der Waals surface area contributed by atoms with E-state index in [-0.39, 0.29) is 6.03 Å². The molecule has 0 saturated carbocycles. The summed E-state index contributed by atoms with van der Waals surface area (Å²) in [6.07, 6.45) is 0. The van der Waals surface area contributed by atoms with Crippen LogP contribution in [0.15, 0.2) is 43.7 Å². The second-order valence-electron chi connectivity index (χ2n) is 3.94. The molecule has 19 heavy (non-hydrogen) atoms. The molecule has 0 bridgehead atoms. The Balaban J connectivity index is 1.90. The Bertz CT molecular complexity index is 596. The summed E-state index contributed by atoms with van der Waals surface area (Å²) >= 11 is 6.74. The maximum absolute atomic E-state index is 11.7. The summed E-state index contributed by atoms with van der Waals surface area (Å²) in [5.41, 5.74) is 0.705. The summed E-state index contributed by atoms with van der Waals surface area (Å²) in [6.45, 7) is 2.22. The average Bonchev–Trinajstić information content (AvgIpc) is 2.76. The molecule has 1 heterocycles. The molecule has 0 radical (unpaired) electrons. The van der Waals surface area contributed by atoms with E-state index < -0.39 is 0 Å². The predicted octanol–water partition coefficient (Wildman–Crippen LogP) is 4.43. The van der Waals surface area contributed by atoms with Crippen LogP contribution in [0, 0.1) is 6.92 Å². The smallest absolute Gasteiger partial charge is 0.319 e. The first-order valence-electron chi connectivity index (χ1n) is 5.60. The van der Waals surface area contributed by atoms with Crippen LogP contribution >= 0.6 is 31.9 Å². The molecule has 0 aliphatic rings. The molecule has 2 amide bonds. The zero-order chi connectivity index (χ0) is 13.8. The lowest BCUT2D eigenvalue weighted by atomic mass is 10.3. The maximum Gasteiger partial charge on any atom is 0.319 e. The molecular weight excluding hydrogens is 376 g/mol. The van der Waals surface area contributed by atoms with Crippen LogP contribution < -0.4 is 10.6 Å². The Morgan fingerprint density at radius 2 is 2.05 bits per heavy atom. The van der Waals surface area contributed by atoms with E-state index in [2.05, 4.69) is 42.5 Å². The van der Waals surface area contributed by atoms with E-state index in [0.717, 1.165) is 20.5 Å². The molecule has 1 aromatic heterocycles. The number of benzene rings is 1. The molecule has 2 N–H and O–H groups in total. The molecule has 6 heteroatoms. The van der Waals surface area contributed by atoms with Crippen LogP contribution in [-0.2, 0) is 6.54 Å². The monoisotopic (exact) mass is 386 g/mol. The van der Waals surface area contributed by atoms with Crippen molar-refractivity contribution < 1.29 is 9.21 Å². The first-order chi connectivity index (χ1) is 9.04. The van der Waals surface area contributed by atoms with Crippen molar-refractivity contribution in [2.75, 3.05) is 5.32 Å². The topological polar surface area (TPSA) is 54.3 Å². The fraction of sp³-hybridized carbons (Fsp3) is 0.154. The highest BCUT2D eigenvalue weighted by molar-refractivity contribution is 9.11. The van der Waals surface area contributed by atoms with Crippen molar-refractivity contribution in [2.24, 2.45) is 0 Å². The number of halogens is 2. The van der Waals surface area contributed by atoms with E-state index in [1.54, 1.807) is 0 Å². The third-order valence-corrected chi connectivity index (χ3v) is 3.55. The van der Waals surface area contributed by atoms with Crippen molar-refractivity contribution in [1.29, 1.82) is 0 Å². The summed E-state index contributed by atoms with van der Waals surface area (Å²) in [5, 5.41) is 5.48. The summed E-state index contributed by atoms with van der Waals surface area (Å²) < 4.78 is 7.12. The first-order valence-corrected chi connectivity index (χ1v) is 7.18. The highest BCUT2D eigenvalue weighted by Crippen LogP contribution is 2.25. The van der Waals surface area contributed by atoms with Gasteiger partial charge in [-0.2, -0.15) is 0 Å². The van der Waals surface area contributed by atoms with E-state index in [4.69, 9.17) is 4.42 Å². The van der Waals surface area contributed by atoms with Gasteiger partial charge in [-0.15, -0.1) is 0 Å². The quantitative estimate of drug-likeness (QED) is 0.818. The Labute approximate surface area is 127 Å². The number of carbonyl (C=O) groups excluding carboxylic acids is 1. The summed E-state index contributed by atoms with van der Waals surface area (Å²) in [7, 11) is 0. The van der Waals surface area contributed by atoms with Gasteiger partial charge in [-0.3, -0.25) is 0 Å². The molecule has 0 atom stereocenters. The third kappa shape index (κ3) is 4.11. The van der Waals surface area contributed by atoms with Crippen LogP contribution in [-0.4, -0.2) is 6.03 Å². The number of hydrogen-bond donors (Lipinski definition) is 2. The second kappa shape index (κ2) is 6.25. The van der Waals surface area contributed by atoms with Gasteiger partial charge >= 0.3 is 6.03 Å². The fourth-order valence-electron chi connectivity index (χ4n) is 1.50. The summed E-state index contributed by atoms with van der Waals surface area (Å²) in [6, 6.07) is 8.95. The van der Waals surface area contributed by atoms with Gasteiger partial charge in [0.2, 0.25) is 0 Å². The Morgan fingerprint density at radius 3 is 2.68 bits per heavy atom. The molecule has 2 rings (SSSR count). The second-order valence-corrected chi connectivity index (χ2v) is 5.71. The van der Waals surface area contributed by atoms with Gasteiger partial charge < -0.3 is 15.1 Å². The molecule has 100 valence electrons. The van der Waals surface area contributed by atoms with Crippen molar-refractivity contribution in [3.05, 3.63) is 50.8 Å². The number of anilines is 1. The van der Waals surface area contributed by atoms with Crippen molar-refractivity contribution in [3.8, 4) is 0 Å². The van der Waals surface area contributed by atoms with Crippen molar-refractivity contribution >= 4 is 43.6 Å². The number of amides is 2. The van der Waals surface area contributed by atoms with Gasteiger partial charge in [0.15, 0.2) is 0 Å². The zero-order valence-corrected chi connectivity index (χ0v) is 13.3. The molecule has 1 aromatic carbocycles. The Kier molecular flexibility index (Phi) is 4.66. The Hall–Kier alpha value is -1.27. The van der Waals surface area contributed by atoms with Crippen LogP contribution in [0.3, 0.4) is 0 Å². The molecule has 0 aliphatic carbocycles. The number of furan rings is 1. The number of nitrogens with one attached hydrogen (secondary N) is 2. The molecule has 0 saturated heterocycles. The van der Waals surface area contributed by atoms with Crippen molar-refractivity contribution in [3.63, 3.8) is 0 Å². The fourth-order valence-corrected chi connectivity index (χ4v) is 2.65. The minimum Gasteiger partial charge on any atom is -0.465 e. The molecule has 4 nitrogen and oxygen atoms in total. The number of hydrogen-bond acceptors (Lipinski definition) is 2. The summed E-state index contributed by atoms with van der Waals surface area (Å²) in [5.74, 6) is 1.55. The lowest BCUT2D eigenvalue weighted by Gasteiger charge is -2.08. The van der Waals surface area contributed by atoms with Crippen LogP contribution in [0.1, 0.15) is 11.5 Å². The molecule has 0 fully saturated rings. The molecule has 0 spiro atoms. The normalized spacial score (nSPS) is 10.3. The maximum atomic E-state index is 11.7. The number of aryl methyl sites for hydroxylation is 1. The highest BCUT2D eigenvalue weighted by atomic mass is 79.9. The number of carbonyl (C=O) groups is 1. The lowest BCUT2D eigenvalue weighted by molar-refractivity contribution is 0.250. The van der Waals surface area contributed by atoms with Crippen molar-refractivity contribution in [2.45, 2.75) is 13.5 Å². The number of urea groups is 1. The van der Waals surface area contributed by atoms with Gasteiger partial charge in [-0.1, -0.05) is 15.9 Å². The van der Waals surface area contributed by atoms with E-state index in [0.29, 0.717) is 12.2 Å². The molecule has 2 aromatic rings. The highest BCUT2D eigenvalue weighted by Gasteiger charge is 2.06. The SMILES string of the molecule is Cc1ccc(CNC(=O)Nc2ccc(Br)cc2Br)o1. The van der Waals surface area contributed by atoms with Crippen LogP contribution in [0.5, 0.6) is 0 Å². The van der Waals surface area contributed by atoms with Gasteiger partial charge in [0.25, 0.3) is 0 Å². The van der Waals surface area contributed by atoms with E-state index in [9.17, 15) is 4.79 Å². The van der Waals surface area contributed by atoms with Gasteiger partial charge in [0.1, 0.15) is 11.5 Å². The van der Waals surface area contributed by atoms with E-state index >= 15 is 0 Å². The standard InChI is InChI=1S/C13H12Br2N2O2/c1-8-2-4-10(19-8)7-16-13(18)17-12-5-3-9(14)6-11(12)15/h2-6H,7H2,1H3,(H2,16,17,18). The van der Waals surface area contributed by atoms with Gasteiger partial charge in [0.05, 0.1) is 12.2 Å². The Morgan fingerprint density at radius 1 is 1.26 bits per heavy atom. The minimum absolute atomic E-state index is 0.280. The van der Waals surface area contributed by atoms with Gasteiger partial charge in [-0.05, 0) is 53.2 Å². The van der Waals surface area contributed by atoms with E-state index in [1.807, 2.05) is 37.3 Å². The predicted molar refractivity (Wildman–Crippen MR) is 81.1 cm³/mol. The zero-order valence-electron chi connectivity index (χ0n) is 10.2. The lowest BCUT2D eigenvalue weighted by Crippen LogP contribution is -2.28. The van der Waals surface area contributed by atoms with Crippen LogP contribution in [0.2, 0.25) is 0 Å². The first kappa shape index (κ1) is 14.1. The number of rotatable bonds is 3. The van der Waals surface area contributed by atoms with E-state index in [1.165, 1.54) is 0 Å². The van der Waals surface area contributed by atoms with Crippen LogP contribution in [0.4, 0.5) is 10.5 Å². The van der Waals surface area contributed by atoms with Gasteiger partial charge in [-0.25, -0.2) is 4.79 Å². The van der Waals surface area contributed by atoms with Crippen molar-refractivity contribution in [1.82, 2.24) is 5.32 Å². The molecule has 0 unspecified atom stereocenters. The third-order valence-electron chi connectivity index (χ3n) is 2.40. The largest absolute Gasteiger partial charge is 0.465 e. The minimum atomic E-state index is -0.280. The molecular formula is C13H12Br2N2O2. The molecule has 0 aliphatic heterocycles. The van der Waals surface area contributed by atoms with Gasteiger partial charge in [0, 0.05) is 8.95 Å². The van der Waals surface area contributed by atoms with Crippen LogP contribution in [0.25, 0.3) is 0 Å². The summed E-state index contributed by atoms with van der Waals surface area (Å²) in [4.78, 5) is 11.7.